The van der Waals surface area contributed by atoms with E-state index in [0.717, 1.165) is 26.3 Å². The molecular formula is C37H21ClOS2. The second-order valence-electron chi connectivity index (χ2n) is 10.6. The molecule has 0 saturated heterocycles. The molecule has 0 aliphatic heterocycles. The molecule has 3 aromatic heterocycles. The van der Waals surface area contributed by atoms with Crippen molar-refractivity contribution in [3.8, 4) is 0 Å². The lowest BCUT2D eigenvalue weighted by Crippen LogP contribution is -2.04. The monoisotopic (exact) mass is 580 g/mol. The summed E-state index contributed by atoms with van der Waals surface area (Å²) in [6.45, 7) is 0. The van der Waals surface area contributed by atoms with Gasteiger partial charge >= 0.3 is 0 Å². The van der Waals surface area contributed by atoms with Crippen LogP contribution in [0.3, 0.4) is 0 Å². The van der Waals surface area contributed by atoms with Gasteiger partial charge in [-0.05, 0) is 69.9 Å². The molecule has 0 saturated carbocycles. The predicted molar refractivity (Wildman–Crippen MR) is 178 cm³/mol. The molecule has 0 aliphatic rings. The van der Waals surface area contributed by atoms with Gasteiger partial charge in [0.05, 0.1) is 0 Å². The SMILES string of the molecule is Clc1ccc2oc3sc4cc(C(c5ccc6sc7ccccc7c6c5)c5cccc6ccccc56)ccc4c3c2c1. The fourth-order valence-corrected chi connectivity index (χ4v) is 8.85. The number of furan rings is 1. The Morgan fingerprint density at radius 3 is 2.27 bits per heavy atom. The Balaban J connectivity index is 1.31. The summed E-state index contributed by atoms with van der Waals surface area (Å²) in [5.74, 6) is 0.0770. The molecule has 0 N–H and O–H groups in total. The van der Waals surface area contributed by atoms with E-state index in [1.54, 1.807) is 11.3 Å². The Bertz CT molecular complexity index is 2450. The van der Waals surface area contributed by atoms with Crippen molar-refractivity contribution < 1.29 is 4.42 Å². The lowest BCUT2D eigenvalue weighted by molar-refractivity contribution is 0.678. The third kappa shape index (κ3) is 3.60. The maximum absolute atomic E-state index is 6.38. The van der Waals surface area contributed by atoms with Gasteiger partial charge in [-0.2, -0.15) is 0 Å². The lowest BCUT2D eigenvalue weighted by Gasteiger charge is -2.21. The summed E-state index contributed by atoms with van der Waals surface area (Å²) < 4.78 is 10.1. The largest absolute Gasteiger partial charge is 0.445 e. The Kier molecular flexibility index (Phi) is 5.12. The highest BCUT2D eigenvalue weighted by atomic mass is 35.5. The van der Waals surface area contributed by atoms with E-state index in [9.17, 15) is 0 Å². The van der Waals surface area contributed by atoms with Crippen LogP contribution in [0.4, 0.5) is 0 Å². The number of halogens is 1. The molecule has 1 nitrogen and oxygen atoms in total. The van der Waals surface area contributed by atoms with E-state index in [1.807, 2.05) is 29.5 Å². The molecule has 9 aromatic rings. The van der Waals surface area contributed by atoms with Gasteiger partial charge in [0.2, 0.25) is 0 Å². The van der Waals surface area contributed by atoms with Crippen molar-refractivity contribution >= 4 is 96.6 Å². The van der Waals surface area contributed by atoms with Crippen molar-refractivity contribution in [2.24, 2.45) is 0 Å². The summed E-state index contributed by atoms with van der Waals surface area (Å²) in [5.41, 5.74) is 4.78. The number of hydrogen-bond donors (Lipinski definition) is 0. The zero-order chi connectivity index (χ0) is 27.1. The maximum atomic E-state index is 6.38. The molecule has 0 amide bonds. The molecule has 6 aromatic carbocycles. The number of benzene rings is 6. The average molecular weight is 581 g/mol. The second-order valence-corrected chi connectivity index (χ2v) is 13.2. The average Bonchev–Trinajstić information content (AvgIpc) is 3.66. The van der Waals surface area contributed by atoms with Gasteiger partial charge in [0.15, 0.2) is 4.90 Å². The summed E-state index contributed by atoms with van der Waals surface area (Å²) in [5, 5.41) is 9.37. The molecule has 0 aliphatic carbocycles. The van der Waals surface area contributed by atoms with Gasteiger partial charge in [-0.25, -0.2) is 0 Å². The molecule has 194 valence electrons. The molecule has 9 rings (SSSR count). The van der Waals surface area contributed by atoms with E-state index in [1.165, 1.54) is 57.7 Å². The highest BCUT2D eigenvalue weighted by Crippen LogP contribution is 2.45. The summed E-state index contributed by atoms with van der Waals surface area (Å²) in [6.07, 6.45) is 0. The summed E-state index contributed by atoms with van der Waals surface area (Å²) in [6, 6.07) is 44.0. The molecule has 0 bridgehead atoms. The van der Waals surface area contributed by atoms with Gasteiger partial charge in [0.1, 0.15) is 5.58 Å². The van der Waals surface area contributed by atoms with Crippen molar-refractivity contribution in [2.45, 2.75) is 5.92 Å². The first-order valence-electron chi connectivity index (χ1n) is 13.6. The van der Waals surface area contributed by atoms with Gasteiger partial charge in [-0.3, -0.25) is 0 Å². The molecule has 0 radical (unpaired) electrons. The summed E-state index contributed by atoms with van der Waals surface area (Å²) >= 11 is 9.96. The van der Waals surface area contributed by atoms with Crippen LogP contribution in [-0.2, 0) is 0 Å². The predicted octanol–water partition coefficient (Wildman–Crippen LogP) is 12.2. The van der Waals surface area contributed by atoms with Crippen LogP contribution in [0.5, 0.6) is 0 Å². The Morgan fingerprint density at radius 1 is 0.537 bits per heavy atom. The van der Waals surface area contributed by atoms with E-state index >= 15 is 0 Å². The second kappa shape index (κ2) is 8.92. The topological polar surface area (TPSA) is 13.1 Å². The summed E-state index contributed by atoms with van der Waals surface area (Å²) in [4.78, 5) is 0.947. The van der Waals surface area contributed by atoms with Crippen LogP contribution in [0.15, 0.2) is 126 Å². The fourth-order valence-electron chi connectivity index (χ4n) is 6.46. The third-order valence-corrected chi connectivity index (χ3v) is 10.7. The van der Waals surface area contributed by atoms with Crippen LogP contribution in [0.2, 0.25) is 5.02 Å². The fraction of sp³-hybridized carbons (Fsp3) is 0.0270. The van der Waals surface area contributed by atoms with Gasteiger partial charge in [0.25, 0.3) is 0 Å². The summed E-state index contributed by atoms with van der Waals surface area (Å²) in [7, 11) is 0. The molecule has 3 heterocycles. The third-order valence-electron chi connectivity index (χ3n) is 8.30. The molecular weight excluding hydrogens is 560 g/mol. The van der Waals surface area contributed by atoms with Gasteiger partial charge in [-0.15, -0.1) is 11.3 Å². The van der Waals surface area contributed by atoms with E-state index in [4.69, 9.17) is 16.0 Å². The molecule has 1 atom stereocenters. The van der Waals surface area contributed by atoms with Gasteiger partial charge < -0.3 is 4.42 Å². The Hall–Kier alpha value is -4.15. The minimum atomic E-state index is 0.0770. The maximum Gasteiger partial charge on any atom is 0.190 e. The number of rotatable bonds is 3. The Morgan fingerprint density at radius 2 is 1.32 bits per heavy atom. The molecule has 1 unspecified atom stereocenters. The molecule has 41 heavy (non-hydrogen) atoms. The van der Waals surface area contributed by atoms with Crippen LogP contribution in [-0.4, -0.2) is 0 Å². The number of fused-ring (bicyclic) bond motifs is 9. The highest BCUT2D eigenvalue weighted by Gasteiger charge is 2.22. The number of thiophene rings is 2. The smallest absolute Gasteiger partial charge is 0.190 e. The van der Waals surface area contributed by atoms with Crippen LogP contribution in [0.25, 0.3) is 62.3 Å². The van der Waals surface area contributed by atoms with Crippen LogP contribution < -0.4 is 0 Å². The van der Waals surface area contributed by atoms with Crippen molar-refractivity contribution in [2.75, 3.05) is 0 Å². The minimum Gasteiger partial charge on any atom is -0.445 e. The van der Waals surface area contributed by atoms with Crippen LogP contribution in [0, 0.1) is 0 Å². The van der Waals surface area contributed by atoms with Crippen LogP contribution in [0.1, 0.15) is 22.6 Å². The molecule has 0 fully saturated rings. The van der Waals surface area contributed by atoms with Crippen molar-refractivity contribution in [3.05, 3.63) is 143 Å². The quantitative estimate of drug-likeness (QED) is 0.189. The van der Waals surface area contributed by atoms with E-state index in [2.05, 4.69) is 103 Å². The minimum absolute atomic E-state index is 0.0770. The van der Waals surface area contributed by atoms with Gasteiger partial charge in [0, 0.05) is 52.0 Å². The van der Waals surface area contributed by atoms with Crippen molar-refractivity contribution in [1.82, 2.24) is 0 Å². The van der Waals surface area contributed by atoms with E-state index in [-0.39, 0.29) is 5.92 Å². The van der Waals surface area contributed by atoms with E-state index in [0.29, 0.717) is 0 Å². The molecule has 0 spiro atoms. The lowest BCUT2D eigenvalue weighted by atomic mass is 9.82. The Labute approximate surface area is 248 Å². The number of hydrogen-bond acceptors (Lipinski definition) is 3. The van der Waals surface area contributed by atoms with E-state index < -0.39 is 0 Å². The standard InChI is InChI=1S/C37H21ClOS2/c38-24-14-16-31-30(20-24)36-28-15-12-23(19-34(28)41-37(36)39-31)35(27-10-5-7-21-6-1-2-8-25(21)27)22-13-17-33-29(18-22)26-9-3-4-11-32(26)40-33/h1-20,35H. The first kappa shape index (κ1) is 23.5. The van der Waals surface area contributed by atoms with Gasteiger partial charge in [-0.1, -0.05) is 102 Å². The highest BCUT2D eigenvalue weighted by molar-refractivity contribution is 7.26. The molecule has 4 heteroatoms. The van der Waals surface area contributed by atoms with Crippen LogP contribution >= 0.6 is 34.3 Å². The zero-order valence-corrected chi connectivity index (χ0v) is 24.1. The normalized spacial score (nSPS) is 12.9. The zero-order valence-electron chi connectivity index (χ0n) is 21.7. The van der Waals surface area contributed by atoms with Crippen molar-refractivity contribution in [3.63, 3.8) is 0 Å². The van der Waals surface area contributed by atoms with Crippen molar-refractivity contribution in [1.29, 1.82) is 0 Å². The first-order valence-corrected chi connectivity index (χ1v) is 15.7. The first-order chi connectivity index (χ1) is 20.2.